The van der Waals surface area contributed by atoms with Gasteiger partial charge in [0.15, 0.2) is 0 Å². The lowest BCUT2D eigenvalue weighted by molar-refractivity contribution is 0.473. The van der Waals surface area contributed by atoms with Gasteiger partial charge in [-0.05, 0) is 25.8 Å². The van der Waals surface area contributed by atoms with Crippen LogP contribution in [0.4, 0.5) is 0 Å². The summed E-state index contributed by atoms with van der Waals surface area (Å²) < 4.78 is 1.77. The minimum absolute atomic E-state index is 0.550. The molecule has 5 heteroatoms. The lowest BCUT2D eigenvalue weighted by Crippen LogP contribution is -2.36. The summed E-state index contributed by atoms with van der Waals surface area (Å²) in [5.74, 6) is 0. The molecule has 0 amide bonds. The average molecular weight is 271 g/mol. The van der Waals surface area contributed by atoms with E-state index in [1.54, 1.807) is 4.68 Å². The summed E-state index contributed by atoms with van der Waals surface area (Å²) in [7, 11) is 1.90. The van der Waals surface area contributed by atoms with E-state index < -0.39 is 0 Å². The van der Waals surface area contributed by atoms with Crippen molar-refractivity contribution < 1.29 is 0 Å². The molecular formula is C13H23ClN4. The highest BCUT2D eigenvalue weighted by Crippen LogP contribution is 2.20. The Balaban J connectivity index is 1.96. The van der Waals surface area contributed by atoms with Crippen LogP contribution in [0.15, 0.2) is 0 Å². The lowest BCUT2D eigenvalue weighted by atomic mass is 10.1. The van der Waals surface area contributed by atoms with Gasteiger partial charge in [-0.3, -0.25) is 4.68 Å². The monoisotopic (exact) mass is 270 g/mol. The van der Waals surface area contributed by atoms with Crippen LogP contribution in [-0.4, -0.2) is 28.9 Å². The number of hydrogen-bond acceptors (Lipinski definition) is 3. The first-order valence-corrected chi connectivity index (χ1v) is 7.24. The average Bonchev–Trinajstić information content (AvgIpc) is 2.59. The van der Waals surface area contributed by atoms with Crippen LogP contribution >= 0.6 is 11.6 Å². The van der Waals surface area contributed by atoms with Gasteiger partial charge in [-0.1, -0.05) is 24.9 Å². The van der Waals surface area contributed by atoms with E-state index >= 15 is 0 Å². The van der Waals surface area contributed by atoms with Crippen LogP contribution < -0.4 is 10.6 Å². The second-order valence-corrected chi connectivity index (χ2v) is 5.33. The van der Waals surface area contributed by atoms with Gasteiger partial charge in [0.05, 0.1) is 5.69 Å². The van der Waals surface area contributed by atoms with Crippen LogP contribution in [0.25, 0.3) is 0 Å². The minimum atomic E-state index is 0.550. The molecule has 0 radical (unpaired) electrons. The summed E-state index contributed by atoms with van der Waals surface area (Å²) in [6, 6.07) is 0.550. The second-order valence-electron chi connectivity index (χ2n) is 4.97. The highest BCUT2D eigenvalue weighted by molar-refractivity contribution is 6.30. The van der Waals surface area contributed by atoms with Crippen molar-refractivity contribution in [2.45, 2.75) is 45.2 Å². The summed E-state index contributed by atoms with van der Waals surface area (Å²) in [5.41, 5.74) is 2.27. The first kappa shape index (κ1) is 13.8. The van der Waals surface area contributed by atoms with Crippen LogP contribution in [-0.2, 0) is 20.0 Å². The van der Waals surface area contributed by atoms with E-state index in [0.717, 1.165) is 42.5 Å². The molecule has 1 fully saturated rings. The normalized spacial score (nSPS) is 20.9. The van der Waals surface area contributed by atoms with E-state index in [4.69, 9.17) is 11.6 Å². The van der Waals surface area contributed by atoms with Crippen LogP contribution in [0.5, 0.6) is 0 Å². The number of aromatic nitrogens is 2. The predicted octanol–water partition coefficient (Wildman–Crippen LogP) is 1.87. The van der Waals surface area contributed by atoms with Gasteiger partial charge in [0.1, 0.15) is 5.15 Å². The topological polar surface area (TPSA) is 41.9 Å². The van der Waals surface area contributed by atoms with Gasteiger partial charge in [-0.15, -0.1) is 0 Å². The molecule has 1 aromatic rings. The van der Waals surface area contributed by atoms with Gasteiger partial charge in [-0.25, -0.2) is 0 Å². The Morgan fingerprint density at radius 2 is 2.33 bits per heavy atom. The number of nitrogens with zero attached hydrogens (tertiary/aromatic N) is 2. The molecule has 0 saturated carbocycles. The van der Waals surface area contributed by atoms with Crippen molar-refractivity contribution in [1.82, 2.24) is 20.4 Å². The molecule has 0 aromatic carbocycles. The molecule has 0 bridgehead atoms. The van der Waals surface area contributed by atoms with E-state index in [1.165, 1.54) is 19.3 Å². The van der Waals surface area contributed by atoms with Crippen molar-refractivity contribution in [1.29, 1.82) is 0 Å². The molecule has 1 aliphatic rings. The number of aryl methyl sites for hydroxylation is 2. The van der Waals surface area contributed by atoms with Gasteiger partial charge in [0.25, 0.3) is 0 Å². The zero-order valence-corrected chi connectivity index (χ0v) is 12.1. The number of halogens is 1. The Morgan fingerprint density at radius 1 is 1.50 bits per heavy atom. The molecule has 102 valence electrons. The van der Waals surface area contributed by atoms with Gasteiger partial charge in [0.2, 0.25) is 0 Å². The molecule has 2 heterocycles. The lowest BCUT2D eigenvalue weighted by Gasteiger charge is -2.16. The Hall–Kier alpha value is -0.580. The summed E-state index contributed by atoms with van der Waals surface area (Å²) in [5, 5.41) is 12.3. The first-order valence-electron chi connectivity index (χ1n) is 6.86. The zero-order chi connectivity index (χ0) is 13.0. The van der Waals surface area contributed by atoms with Crippen LogP contribution in [0, 0.1) is 0 Å². The van der Waals surface area contributed by atoms with E-state index in [1.807, 2.05) is 7.05 Å². The maximum Gasteiger partial charge on any atom is 0.131 e. The molecule has 0 unspecified atom stereocenters. The summed E-state index contributed by atoms with van der Waals surface area (Å²) in [6.45, 7) is 5.14. The summed E-state index contributed by atoms with van der Waals surface area (Å²) in [6.07, 6.45) is 4.75. The zero-order valence-electron chi connectivity index (χ0n) is 11.3. The van der Waals surface area contributed by atoms with Gasteiger partial charge >= 0.3 is 0 Å². The highest BCUT2D eigenvalue weighted by Gasteiger charge is 2.16. The van der Waals surface area contributed by atoms with Crippen molar-refractivity contribution in [3.63, 3.8) is 0 Å². The smallest absolute Gasteiger partial charge is 0.131 e. The van der Waals surface area contributed by atoms with Gasteiger partial charge in [0, 0.05) is 31.7 Å². The number of hydrogen-bond donors (Lipinski definition) is 2. The predicted molar refractivity (Wildman–Crippen MR) is 74.9 cm³/mol. The quantitative estimate of drug-likeness (QED) is 0.878. The molecule has 0 spiro atoms. The molecule has 4 nitrogen and oxygen atoms in total. The van der Waals surface area contributed by atoms with Gasteiger partial charge < -0.3 is 10.6 Å². The third-order valence-electron chi connectivity index (χ3n) is 3.60. The minimum Gasteiger partial charge on any atom is -0.315 e. The van der Waals surface area contributed by atoms with Crippen molar-refractivity contribution in [2.24, 2.45) is 7.05 Å². The van der Waals surface area contributed by atoms with Crippen molar-refractivity contribution in [3.05, 3.63) is 16.4 Å². The molecule has 1 saturated heterocycles. The van der Waals surface area contributed by atoms with Crippen LogP contribution in [0.3, 0.4) is 0 Å². The summed E-state index contributed by atoms with van der Waals surface area (Å²) >= 11 is 6.29. The molecule has 18 heavy (non-hydrogen) atoms. The van der Waals surface area contributed by atoms with Crippen LogP contribution in [0.2, 0.25) is 5.15 Å². The van der Waals surface area contributed by atoms with E-state index in [2.05, 4.69) is 22.7 Å². The van der Waals surface area contributed by atoms with Gasteiger partial charge in [-0.2, -0.15) is 5.10 Å². The fourth-order valence-electron chi connectivity index (χ4n) is 2.50. The van der Waals surface area contributed by atoms with Crippen molar-refractivity contribution >= 4 is 11.6 Å². The number of rotatable bonds is 4. The Labute approximate surface area is 114 Å². The Morgan fingerprint density at radius 3 is 3.11 bits per heavy atom. The highest BCUT2D eigenvalue weighted by atomic mass is 35.5. The third-order valence-corrected chi connectivity index (χ3v) is 4.07. The molecule has 1 aliphatic heterocycles. The standard InChI is InChI=1S/C13H23ClN4/c1-3-12-11(13(14)18(2)17-12)9-16-10-6-4-5-7-15-8-10/h10,15-16H,3-9H2,1-2H3/t10-/m0/s1. The molecule has 0 aliphatic carbocycles. The molecular weight excluding hydrogens is 248 g/mol. The molecule has 1 atom stereocenters. The maximum atomic E-state index is 6.29. The molecule has 2 N–H and O–H groups in total. The fraction of sp³-hybridized carbons (Fsp3) is 0.769. The van der Waals surface area contributed by atoms with E-state index in [-0.39, 0.29) is 0 Å². The van der Waals surface area contributed by atoms with Crippen LogP contribution in [0.1, 0.15) is 37.4 Å². The largest absolute Gasteiger partial charge is 0.315 e. The number of nitrogens with one attached hydrogen (secondary N) is 2. The van der Waals surface area contributed by atoms with E-state index in [0.29, 0.717) is 6.04 Å². The SMILES string of the molecule is CCc1nn(C)c(Cl)c1CN[C@H]1CCCCNC1. The first-order chi connectivity index (χ1) is 8.72. The van der Waals surface area contributed by atoms with Crippen molar-refractivity contribution in [3.8, 4) is 0 Å². The third kappa shape index (κ3) is 3.25. The second kappa shape index (κ2) is 6.55. The summed E-state index contributed by atoms with van der Waals surface area (Å²) in [4.78, 5) is 0. The Bertz CT molecular complexity index is 381. The van der Waals surface area contributed by atoms with Crippen molar-refractivity contribution in [2.75, 3.05) is 13.1 Å². The fourth-order valence-corrected chi connectivity index (χ4v) is 2.71. The maximum absolute atomic E-state index is 6.29. The molecule has 1 aromatic heterocycles. The molecule has 2 rings (SSSR count). The van der Waals surface area contributed by atoms with E-state index in [9.17, 15) is 0 Å². The Kier molecular flexibility index (Phi) is 5.03.